The molecule has 1 aromatic carbocycles. The van der Waals surface area contributed by atoms with Gasteiger partial charge in [0.1, 0.15) is 0 Å². The van der Waals surface area contributed by atoms with Crippen molar-refractivity contribution in [3.8, 4) is 0 Å². The molecule has 1 fully saturated rings. The molecule has 92 valence electrons. The van der Waals surface area contributed by atoms with Crippen molar-refractivity contribution in [2.45, 2.75) is 6.04 Å². The number of hydrogen-bond acceptors (Lipinski definition) is 4. The van der Waals surface area contributed by atoms with Crippen LogP contribution in [0.3, 0.4) is 0 Å². The molecule has 1 heterocycles. The minimum Gasteiger partial charge on any atom is -0.681 e. The first kappa shape index (κ1) is 14.4. The van der Waals surface area contributed by atoms with Gasteiger partial charge in [-0.2, -0.15) is 0 Å². The Hall–Kier alpha value is -1.68. The van der Waals surface area contributed by atoms with E-state index >= 15 is 0 Å². The van der Waals surface area contributed by atoms with Gasteiger partial charge in [-0.15, -0.1) is 35.9 Å². The molecule has 3 amide bonds. The van der Waals surface area contributed by atoms with E-state index in [1.54, 1.807) is 24.3 Å². The van der Waals surface area contributed by atoms with Crippen LogP contribution in [0.1, 0.15) is 10.4 Å². The van der Waals surface area contributed by atoms with Gasteiger partial charge in [-0.1, -0.05) is 0 Å². The summed E-state index contributed by atoms with van der Waals surface area (Å²) in [6.45, 7) is -0.219. The van der Waals surface area contributed by atoms with Gasteiger partial charge in [-0.05, 0) is 11.9 Å². The Labute approximate surface area is 117 Å². The second-order valence-corrected chi connectivity index (χ2v) is 3.31. The van der Waals surface area contributed by atoms with Gasteiger partial charge in [-0.3, -0.25) is 10.1 Å². The monoisotopic (exact) mass is 416 g/mol. The third-order valence-corrected chi connectivity index (χ3v) is 2.11. The number of nitrogens with one attached hydrogen (secondary N) is 1. The Morgan fingerprint density at radius 2 is 2.22 bits per heavy atom. The number of cyclic esters (lactones) is 1. The maximum Gasteiger partial charge on any atom is 2.00 e. The summed E-state index contributed by atoms with van der Waals surface area (Å²) in [5, 5.41) is 5.59. The maximum absolute atomic E-state index is 11.6. The maximum atomic E-state index is 11.6. The molecule has 2 rings (SSSR count). The summed E-state index contributed by atoms with van der Waals surface area (Å²) in [7, 11) is 0. The van der Waals surface area contributed by atoms with Crippen molar-refractivity contribution in [3.63, 3.8) is 0 Å². The van der Waals surface area contributed by atoms with E-state index in [2.05, 4.69) is 16.1 Å². The van der Waals surface area contributed by atoms with Crippen LogP contribution in [0, 0.1) is 6.07 Å². The van der Waals surface area contributed by atoms with Crippen LogP contribution in [-0.2, 0) is 30.6 Å². The van der Waals surface area contributed by atoms with E-state index in [0.29, 0.717) is 0 Å². The van der Waals surface area contributed by atoms with Crippen molar-refractivity contribution in [3.05, 3.63) is 41.2 Å². The Morgan fingerprint density at radius 3 is 2.83 bits per heavy atom. The quantitative estimate of drug-likeness (QED) is 0.718. The largest absolute Gasteiger partial charge is 2.00 e. The van der Waals surface area contributed by atoms with E-state index in [4.69, 9.17) is 0 Å². The van der Waals surface area contributed by atoms with Gasteiger partial charge >= 0.3 is 27.2 Å². The standard InChI is InChI=1S/C11H9N2O4.W/c14-9(7-4-2-1-3-5-7)12-8-6-17-11(16)13-10(8)15;/h1-4,8H,6H2,(H2,12,13,14,15,16);/q-1;+2/p-1. The van der Waals surface area contributed by atoms with E-state index in [9.17, 15) is 14.4 Å². The van der Waals surface area contributed by atoms with Crippen LogP contribution in [0.15, 0.2) is 24.3 Å². The zero-order chi connectivity index (χ0) is 12.3. The predicted octanol–water partition coefficient (Wildman–Crippen LogP) is 0.633. The number of nitrogens with zero attached hydrogens (tertiary/aromatic N) is 1. The van der Waals surface area contributed by atoms with Crippen LogP contribution in [-0.4, -0.2) is 30.6 Å². The SMILES string of the molecule is O=C1NC(=O)C([N-]C(=O)c2[c-]cccc2)CO1.[W+2]. The summed E-state index contributed by atoms with van der Waals surface area (Å²) in [5.41, 5.74) is 0.261. The van der Waals surface area contributed by atoms with Crippen LogP contribution in [0.2, 0.25) is 0 Å². The molecule has 1 unspecified atom stereocenters. The number of benzene rings is 1. The molecule has 7 heteroatoms. The molecule has 0 spiro atoms. The summed E-state index contributed by atoms with van der Waals surface area (Å²) in [6, 6.07) is 8.20. The normalized spacial score (nSPS) is 18.1. The third-order valence-electron chi connectivity index (χ3n) is 2.11. The predicted molar refractivity (Wildman–Crippen MR) is 56.2 cm³/mol. The molecular weight excluding hydrogens is 408 g/mol. The Morgan fingerprint density at radius 1 is 1.44 bits per heavy atom. The molecule has 0 aliphatic carbocycles. The zero-order valence-corrected chi connectivity index (χ0v) is 12.0. The Bertz CT molecular complexity index is 463. The summed E-state index contributed by atoms with van der Waals surface area (Å²) >= 11 is 0. The number of carbonyl (C=O) groups is 3. The fourth-order valence-corrected chi connectivity index (χ4v) is 1.28. The van der Waals surface area contributed by atoms with Gasteiger partial charge < -0.3 is 14.8 Å². The van der Waals surface area contributed by atoms with E-state index < -0.39 is 23.9 Å². The van der Waals surface area contributed by atoms with E-state index in [1.165, 1.54) is 0 Å². The Kier molecular flexibility index (Phi) is 5.04. The van der Waals surface area contributed by atoms with Gasteiger partial charge in [0.05, 0.1) is 6.61 Å². The first-order valence-corrected chi connectivity index (χ1v) is 4.86. The molecule has 1 atom stereocenters. The molecule has 0 saturated carbocycles. The molecule has 0 aromatic heterocycles. The molecule has 1 aliphatic heterocycles. The molecule has 1 aromatic rings. The van der Waals surface area contributed by atoms with Crippen LogP contribution in [0.4, 0.5) is 4.79 Å². The molecule has 0 radical (unpaired) electrons. The number of ether oxygens (including phenoxy) is 1. The first-order valence-electron chi connectivity index (χ1n) is 4.86. The zero-order valence-electron chi connectivity index (χ0n) is 9.08. The van der Waals surface area contributed by atoms with Gasteiger partial charge in [0.2, 0.25) is 5.91 Å². The summed E-state index contributed by atoms with van der Waals surface area (Å²) < 4.78 is 4.57. The second kappa shape index (κ2) is 6.30. The summed E-state index contributed by atoms with van der Waals surface area (Å²) in [6.07, 6.45) is -0.819. The molecule has 1 N–H and O–H groups in total. The van der Waals surface area contributed by atoms with E-state index in [0.717, 1.165) is 0 Å². The molecule has 1 saturated heterocycles. The fourth-order valence-electron chi connectivity index (χ4n) is 1.28. The molecule has 6 nitrogen and oxygen atoms in total. The van der Waals surface area contributed by atoms with Gasteiger partial charge in [0.15, 0.2) is 0 Å². The average Bonchev–Trinajstić information content (AvgIpc) is 2.34. The van der Waals surface area contributed by atoms with Gasteiger partial charge in [0, 0.05) is 0 Å². The number of imide groups is 1. The number of hydrogen-bond donors (Lipinski definition) is 1. The van der Waals surface area contributed by atoms with Crippen LogP contribution in [0.25, 0.3) is 5.32 Å². The van der Waals surface area contributed by atoms with Crippen LogP contribution in [0.5, 0.6) is 0 Å². The number of carbonyl (C=O) groups excluding carboxylic acids is 3. The fraction of sp³-hybridized carbons (Fsp3) is 0.182. The number of amides is 3. The van der Waals surface area contributed by atoms with Gasteiger partial charge in [0.25, 0.3) is 0 Å². The van der Waals surface area contributed by atoms with Crippen molar-refractivity contribution < 1.29 is 40.2 Å². The molecule has 1 aliphatic rings. The number of rotatable bonds is 2. The number of alkyl carbamates (subject to hydrolysis) is 1. The van der Waals surface area contributed by atoms with Gasteiger partial charge in [-0.25, -0.2) is 4.79 Å². The Balaban J connectivity index is 0.00000162. The van der Waals surface area contributed by atoms with Crippen molar-refractivity contribution in [1.29, 1.82) is 0 Å². The smallest absolute Gasteiger partial charge is 0.681 e. The average molecular weight is 416 g/mol. The van der Waals surface area contributed by atoms with Crippen molar-refractivity contribution in [2.75, 3.05) is 6.61 Å². The molecular formula is C11H8N2O4W. The van der Waals surface area contributed by atoms with E-state index in [-0.39, 0.29) is 33.2 Å². The molecule has 18 heavy (non-hydrogen) atoms. The van der Waals surface area contributed by atoms with Crippen molar-refractivity contribution >= 4 is 17.9 Å². The van der Waals surface area contributed by atoms with Crippen LogP contribution < -0.4 is 5.32 Å². The third kappa shape index (κ3) is 3.40. The first-order chi connectivity index (χ1) is 8.16. The van der Waals surface area contributed by atoms with Crippen molar-refractivity contribution in [2.24, 2.45) is 0 Å². The van der Waals surface area contributed by atoms with E-state index in [1.807, 2.05) is 5.32 Å². The second-order valence-electron chi connectivity index (χ2n) is 3.31. The topological polar surface area (TPSA) is 86.6 Å². The van der Waals surface area contributed by atoms with Crippen LogP contribution >= 0.6 is 0 Å². The minimum atomic E-state index is -0.992. The molecule has 0 bridgehead atoms. The summed E-state index contributed by atoms with van der Waals surface area (Å²) in [5.74, 6) is -1.20. The van der Waals surface area contributed by atoms with Crippen molar-refractivity contribution in [1.82, 2.24) is 5.32 Å². The summed E-state index contributed by atoms with van der Waals surface area (Å²) in [4.78, 5) is 33.6. The minimum absolute atomic E-state index is 0.